The van der Waals surface area contributed by atoms with Gasteiger partial charge in [0.05, 0.1) is 5.56 Å². The molecule has 1 aliphatic rings. The lowest BCUT2D eigenvalue weighted by Gasteiger charge is -2.16. The molecule has 0 fully saturated rings. The van der Waals surface area contributed by atoms with Crippen molar-refractivity contribution in [1.82, 2.24) is 4.57 Å². The summed E-state index contributed by atoms with van der Waals surface area (Å²) in [7, 11) is 4.00. The summed E-state index contributed by atoms with van der Waals surface area (Å²) in [6.07, 6.45) is -0.365. The van der Waals surface area contributed by atoms with E-state index in [1.165, 1.54) is 21.8 Å². The van der Waals surface area contributed by atoms with E-state index in [9.17, 15) is 4.79 Å². The van der Waals surface area contributed by atoms with Gasteiger partial charge in [-0.1, -0.05) is 24.3 Å². The van der Waals surface area contributed by atoms with Crippen LogP contribution >= 0.6 is 0 Å². The summed E-state index contributed by atoms with van der Waals surface area (Å²) in [4.78, 5) is 14.5. The third kappa shape index (κ3) is 2.34. The van der Waals surface area contributed by atoms with Gasteiger partial charge in [-0.05, 0) is 48.9 Å². The van der Waals surface area contributed by atoms with Gasteiger partial charge in [-0.3, -0.25) is 0 Å². The Bertz CT molecular complexity index is 1240. The number of carbonyl (C=O) groups excluding carboxylic acids is 1. The van der Waals surface area contributed by atoms with E-state index in [2.05, 4.69) is 60.0 Å². The Labute approximate surface area is 163 Å². The number of hydrogen-bond donors (Lipinski definition) is 0. The van der Waals surface area contributed by atoms with Crippen molar-refractivity contribution in [2.45, 2.75) is 19.6 Å². The Morgan fingerprint density at radius 1 is 0.964 bits per heavy atom. The fourth-order valence-electron chi connectivity index (χ4n) is 4.29. The molecule has 5 rings (SSSR count). The predicted molar refractivity (Wildman–Crippen MR) is 113 cm³/mol. The number of aryl methyl sites for hydroxylation is 1. The van der Waals surface area contributed by atoms with Crippen molar-refractivity contribution in [3.63, 3.8) is 0 Å². The topological polar surface area (TPSA) is 34.5 Å². The monoisotopic (exact) mass is 370 g/mol. The third-order valence-corrected chi connectivity index (χ3v) is 5.69. The molecule has 4 heteroatoms. The number of para-hydroxylation sites is 1. The molecule has 0 radical (unpaired) electrons. The Morgan fingerprint density at radius 2 is 1.75 bits per heavy atom. The predicted octanol–water partition coefficient (Wildman–Crippen LogP) is 5.14. The van der Waals surface area contributed by atoms with Gasteiger partial charge in [-0.15, -0.1) is 0 Å². The lowest BCUT2D eigenvalue weighted by molar-refractivity contribution is 0.0456. The van der Waals surface area contributed by atoms with Gasteiger partial charge >= 0.3 is 5.97 Å². The average molecular weight is 370 g/mol. The van der Waals surface area contributed by atoms with Crippen molar-refractivity contribution < 1.29 is 9.53 Å². The fourth-order valence-corrected chi connectivity index (χ4v) is 4.29. The zero-order valence-corrected chi connectivity index (χ0v) is 16.3. The van der Waals surface area contributed by atoms with Crippen LogP contribution in [0.2, 0.25) is 0 Å². The molecule has 3 aromatic carbocycles. The van der Waals surface area contributed by atoms with Gasteiger partial charge in [0.2, 0.25) is 0 Å². The Balaban J connectivity index is 1.70. The zero-order valence-electron chi connectivity index (χ0n) is 16.3. The first kappa shape index (κ1) is 16.9. The van der Waals surface area contributed by atoms with Crippen LogP contribution < -0.4 is 4.90 Å². The molecule has 2 heterocycles. The first-order chi connectivity index (χ1) is 13.6. The molecule has 1 aliphatic heterocycles. The summed E-state index contributed by atoms with van der Waals surface area (Å²) < 4.78 is 8.11. The van der Waals surface area contributed by atoms with E-state index in [-0.39, 0.29) is 12.1 Å². The molecule has 0 saturated carbocycles. The van der Waals surface area contributed by atoms with Gasteiger partial charge in [0, 0.05) is 53.7 Å². The zero-order chi connectivity index (χ0) is 19.4. The van der Waals surface area contributed by atoms with E-state index >= 15 is 0 Å². The first-order valence-electron chi connectivity index (χ1n) is 9.61. The number of rotatable bonds is 3. The number of ether oxygens (including phenoxy) is 1. The van der Waals surface area contributed by atoms with Gasteiger partial charge in [0.1, 0.15) is 0 Å². The van der Waals surface area contributed by atoms with Crippen LogP contribution in [-0.2, 0) is 11.3 Å². The number of hydrogen-bond acceptors (Lipinski definition) is 3. The van der Waals surface area contributed by atoms with Crippen LogP contribution in [0.25, 0.3) is 21.8 Å². The lowest BCUT2D eigenvalue weighted by atomic mass is 9.97. The minimum Gasteiger partial charge on any atom is -0.449 e. The molecule has 4 aromatic rings. The summed E-state index contributed by atoms with van der Waals surface area (Å²) in [6, 6.07) is 20.8. The maximum Gasteiger partial charge on any atom is 0.339 e. The molecule has 0 spiro atoms. The SMILES string of the molecule is CCn1c2ccccc2c2cc(C3OC(=O)c4ccc(N(C)C)cc43)ccc21. The molecule has 140 valence electrons. The van der Waals surface area contributed by atoms with E-state index < -0.39 is 0 Å². The van der Waals surface area contributed by atoms with Gasteiger partial charge in [-0.25, -0.2) is 4.79 Å². The second kappa shape index (κ2) is 6.13. The third-order valence-electron chi connectivity index (χ3n) is 5.69. The number of fused-ring (bicyclic) bond motifs is 4. The highest BCUT2D eigenvalue weighted by atomic mass is 16.5. The van der Waals surface area contributed by atoms with Crippen LogP contribution in [0.15, 0.2) is 60.7 Å². The molecule has 0 saturated heterocycles. The number of carbonyl (C=O) groups is 1. The quantitative estimate of drug-likeness (QED) is 0.468. The van der Waals surface area contributed by atoms with Crippen LogP contribution in [0.4, 0.5) is 5.69 Å². The average Bonchev–Trinajstić information content (AvgIpc) is 3.22. The normalized spacial score (nSPS) is 15.8. The largest absolute Gasteiger partial charge is 0.449 e. The number of anilines is 1. The van der Waals surface area contributed by atoms with Gasteiger partial charge in [-0.2, -0.15) is 0 Å². The second-order valence-electron chi connectivity index (χ2n) is 7.49. The van der Waals surface area contributed by atoms with Crippen molar-refractivity contribution in [2.24, 2.45) is 0 Å². The Hall–Kier alpha value is -3.27. The van der Waals surface area contributed by atoms with Gasteiger partial charge in [0.15, 0.2) is 6.10 Å². The van der Waals surface area contributed by atoms with Crippen LogP contribution in [0.5, 0.6) is 0 Å². The molecular weight excluding hydrogens is 348 g/mol. The molecule has 0 amide bonds. The molecule has 28 heavy (non-hydrogen) atoms. The van der Waals surface area contributed by atoms with Gasteiger partial charge < -0.3 is 14.2 Å². The Morgan fingerprint density at radius 3 is 2.54 bits per heavy atom. The van der Waals surface area contributed by atoms with Crippen molar-refractivity contribution in [3.8, 4) is 0 Å². The standard InChI is InChI=1S/C24H22N2O2/c1-4-26-21-8-6-5-7-17(21)19-13-15(9-12-22(19)26)23-20-14-16(25(2)3)10-11-18(20)24(27)28-23/h5-14,23H,4H2,1-3H3. The van der Waals surface area contributed by atoms with E-state index in [1.807, 2.05) is 31.1 Å². The van der Waals surface area contributed by atoms with Crippen LogP contribution in [0, 0.1) is 0 Å². The molecule has 4 nitrogen and oxygen atoms in total. The molecule has 0 N–H and O–H groups in total. The molecular formula is C24H22N2O2. The summed E-state index contributed by atoms with van der Waals surface area (Å²) in [5, 5.41) is 2.43. The number of esters is 1. The van der Waals surface area contributed by atoms with E-state index in [4.69, 9.17) is 4.74 Å². The van der Waals surface area contributed by atoms with E-state index in [1.54, 1.807) is 0 Å². The van der Waals surface area contributed by atoms with Crippen molar-refractivity contribution in [3.05, 3.63) is 77.4 Å². The summed E-state index contributed by atoms with van der Waals surface area (Å²) in [5.41, 5.74) is 6.11. The highest BCUT2D eigenvalue weighted by Gasteiger charge is 2.33. The number of aromatic nitrogens is 1. The van der Waals surface area contributed by atoms with Crippen molar-refractivity contribution in [1.29, 1.82) is 0 Å². The molecule has 1 atom stereocenters. The maximum absolute atomic E-state index is 12.4. The Kier molecular flexibility index (Phi) is 3.69. The molecule has 0 aliphatic carbocycles. The second-order valence-corrected chi connectivity index (χ2v) is 7.49. The summed E-state index contributed by atoms with van der Waals surface area (Å²) >= 11 is 0. The number of benzene rings is 3. The maximum atomic E-state index is 12.4. The van der Waals surface area contributed by atoms with E-state index in [0.717, 1.165) is 23.4 Å². The molecule has 1 aromatic heterocycles. The molecule has 0 bridgehead atoms. The smallest absolute Gasteiger partial charge is 0.339 e. The van der Waals surface area contributed by atoms with Crippen molar-refractivity contribution in [2.75, 3.05) is 19.0 Å². The summed E-state index contributed by atoms with van der Waals surface area (Å²) in [5.74, 6) is -0.249. The van der Waals surface area contributed by atoms with Crippen LogP contribution in [0.1, 0.15) is 34.5 Å². The number of nitrogens with zero attached hydrogens (tertiary/aromatic N) is 2. The highest BCUT2D eigenvalue weighted by molar-refractivity contribution is 6.08. The minimum atomic E-state index is -0.365. The van der Waals surface area contributed by atoms with Crippen molar-refractivity contribution >= 4 is 33.5 Å². The molecule has 1 unspecified atom stereocenters. The minimum absolute atomic E-state index is 0.249. The van der Waals surface area contributed by atoms with E-state index in [0.29, 0.717) is 5.56 Å². The van der Waals surface area contributed by atoms with Gasteiger partial charge in [0.25, 0.3) is 0 Å². The first-order valence-corrected chi connectivity index (χ1v) is 9.61. The number of cyclic esters (lactones) is 1. The van der Waals surface area contributed by atoms with Crippen LogP contribution in [0.3, 0.4) is 0 Å². The fraction of sp³-hybridized carbons (Fsp3) is 0.208. The highest BCUT2D eigenvalue weighted by Crippen LogP contribution is 2.40. The van der Waals surface area contributed by atoms with Crippen LogP contribution in [-0.4, -0.2) is 24.6 Å². The summed E-state index contributed by atoms with van der Waals surface area (Å²) in [6.45, 7) is 3.08. The lowest BCUT2D eigenvalue weighted by Crippen LogP contribution is -2.09.